The van der Waals surface area contributed by atoms with E-state index >= 15 is 0 Å². The Hall–Kier alpha value is -2.14. The summed E-state index contributed by atoms with van der Waals surface area (Å²) in [7, 11) is 0. The van der Waals surface area contributed by atoms with Gasteiger partial charge in [0.25, 0.3) is 0 Å². The summed E-state index contributed by atoms with van der Waals surface area (Å²) in [4.78, 5) is 11.6. The molecule has 0 unspecified atom stereocenters. The number of hydrogen-bond donors (Lipinski definition) is 2. The number of nitrogens with one attached hydrogen (secondary N) is 1. The maximum Gasteiger partial charge on any atom is 0.235 e. The van der Waals surface area contributed by atoms with Crippen LogP contribution >= 0.6 is 0 Å². The van der Waals surface area contributed by atoms with Crippen LogP contribution in [-0.4, -0.2) is 21.7 Å². The second-order valence-corrected chi connectivity index (χ2v) is 6.60. The predicted octanol–water partition coefficient (Wildman–Crippen LogP) is 2.17. The van der Waals surface area contributed by atoms with Crippen LogP contribution in [-0.2, 0) is 11.3 Å². The van der Waals surface area contributed by atoms with Gasteiger partial charge in [0.15, 0.2) is 0 Å². The van der Waals surface area contributed by atoms with E-state index in [2.05, 4.69) is 10.4 Å². The number of para-hydroxylation sites is 1. The van der Waals surface area contributed by atoms with Crippen LogP contribution in [0.5, 0.6) is 0 Å². The van der Waals surface area contributed by atoms with Crippen LogP contribution in [0.1, 0.15) is 32.0 Å². The maximum absolute atomic E-state index is 11.6. The number of nitrogens with two attached hydrogens (primary N) is 1. The van der Waals surface area contributed by atoms with Gasteiger partial charge < -0.3 is 11.1 Å². The van der Waals surface area contributed by atoms with Crippen molar-refractivity contribution in [2.75, 3.05) is 0 Å². The molecule has 0 radical (unpaired) electrons. The van der Waals surface area contributed by atoms with E-state index in [4.69, 9.17) is 5.73 Å². The molecule has 1 heterocycles. The Bertz CT molecular complexity index is 640. The molecular formula is C17H24N4O. The normalized spacial score (nSPS) is 13.1. The molecular weight excluding hydrogens is 276 g/mol. The largest absolute Gasteiger partial charge is 0.368 e. The average molecular weight is 300 g/mol. The molecule has 0 bridgehead atoms. The van der Waals surface area contributed by atoms with Crippen molar-refractivity contribution < 1.29 is 4.79 Å². The molecule has 1 aromatic heterocycles. The highest BCUT2D eigenvalue weighted by Gasteiger charge is 2.29. The Morgan fingerprint density at radius 1 is 1.32 bits per heavy atom. The first-order valence-electron chi connectivity index (χ1n) is 7.42. The number of carbonyl (C=O) groups excluding carboxylic acids is 1. The summed E-state index contributed by atoms with van der Waals surface area (Å²) in [6.45, 7) is 8.51. The number of rotatable bonds is 5. The minimum atomic E-state index is -0.382. The van der Waals surface area contributed by atoms with Gasteiger partial charge in [0, 0.05) is 18.3 Å². The topological polar surface area (TPSA) is 72.9 Å². The molecule has 22 heavy (non-hydrogen) atoms. The zero-order valence-corrected chi connectivity index (χ0v) is 13.6. The van der Waals surface area contributed by atoms with Crippen LogP contribution in [0.3, 0.4) is 0 Å². The molecule has 2 rings (SSSR count). The monoisotopic (exact) mass is 300 g/mol. The third-order valence-corrected chi connectivity index (χ3v) is 3.67. The van der Waals surface area contributed by atoms with Crippen LogP contribution in [0.4, 0.5) is 0 Å². The van der Waals surface area contributed by atoms with Gasteiger partial charge >= 0.3 is 0 Å². The third kappa shape index (κ3) is 3.74. The first-order chi connectivity index (χ1) is 10.3. The van der Waals surface area contributed by atoms with Gasteiger partial charge in [-0.2, -0.15) is 5.10 Å². The van der Waals surface area contributed by atoms with Crippen molar-refractivity contribution in [3.8, 4) is 5.69 Å². The third-order valence-electron chi connectivity index (χ3n) is 3.67. The lowest BCUT2D eigenvalue weighted by molar-refractivity contribution is -0.122. The lowest BCUT2D eigenvalue weighted by Gasteiger charge is -2.28. The van der Waals surface area contributed by atoms with Crippen molar-refractivity contribution in [2.45, 2.75) is 40.3 Å². The molecule has 2 aromatic rings. The quantitative estimate of drug-likeness (QED) is 0.889. The summed E-state index contributed by atoms with van der Waals surface area (Å²) >= 11 is 0. The number of amides is 1. The molecule has 0 aliphatic heterocycles. The first-order valence-corrected chi connectivity index (χ1v) is 7.42. The van der Waals surface area contributed by atoms with Crippen molar-refractivity contribution in [3.63, 3.8) is 0 Å². The van der Waals surface area contributed by atoms with Gasteiger partial charge in [0.2, 0.25) is 5.91 Å². The first kappa shape index (κ1) is 16.2. The highest BCUT2D eigenvalue weighted by molar-refractivity contribution is 5.80. The summed E-state index contributed by atoms with van der Waals surface area (Å²) in [5.41, 5.74) is 8.28. The Kier molecular flexibility index (Phi) is 4.66. The van der Waals surface area contributed by atoms with E-state index in [1.165, 1.54) is 0 Å². The van der Waals surface area contributed by atoms with E-state index in [1.807, 2.05) is 68.9 Å². The Morgan fingerprint density at radius 2 is 1.95 bits per heavy atom. The fraction of sp³-hybridized carbons (Fsp3) is 0.412. The van der Waals surface area contributed by atoms with Crippen LogP contribution in [0, 0.1) is 12.3 Å². The fourth-order valence-electron chi connectivity index (χ4n) is 2.43. The minimum Gasteiger partial charge on any atom is -0.368 e. The Morgan fingerprint density at radius 3 is 2.50 bits per heavy atom. The van der Waals surface area contributed by atoms with E-state index in [-0.39, 0.29) is 17.4 Å². The Labute approximate surface area is 131 Å². The van der Waals surface area contributed by atoms with Crippen molar-refractivity contribution >= 4 is 5.91 Å². The standard InChI is InChI=1S/C17H24N4O/c1-12-13(10-19-15(16(18)22)17(2,3)4)11-21(20-12)14-8-6-5-7-9-14/h5-9,11,15,19H,10H2,1-4H3,(H2,18,22)/t15-/m0/s1. The number of primary amides is 1. The molecule has 0 aliphatic carbocycles. The van der Waals surface area contributed by atoms with E-state index in [1.54, 1.807) is 0 Å². The molecule has 1 atom stereocenters. The van der Waals surface area contributed by atoms with Crippen molar-refractivity contribution in [1.82, 2.24) is 15.1 Å². The van der Waals surface area contributed by atoms with Crippen molar-refractivity contribution in [2.24, 2.45) is 11.1 Å². The number of nitrogens with zero attached hydrogens (tertiary/aromatic N) is 2. The lowest BCUT2D eigenvalue weighted by atomic mass is 9.86. The van der Waals surface area contributed by atoms with Crippen LogP contribution in [0.25, 0.3) is 5.69 Å². The van der Waals surface area contributed by atoms with E-state index in [0.29, 0.717) is 6.54 Å². The highest BCUT2D eigenvalue weighted by atomic mass is 16.1. The van der Waals surface area contributed by atoms with Crippen molar-refractivity contribution in [3.05, 3.63) is 47.8 Å². The van der Waals surface area contributed by atoms with Crippen LogP contribution < -0.4 is 11.1 Å². The molecule has 3 N–H and O–H groups in total. The van der Waals surface area contributed by atoms with Gasteiger partial charge in [-0.1, -0.05) is 39.0 Å². The lowest BCUT2D eigenvalue weighted by Crippen LogP contribution is -2.49. The van der Waals surface area contributed by atoms with E-state index in [9.17, 15) is 4.79 Å². The minimum absolute atomic E-state index is 0.227. The van der Waals surface area contributed by atoms with E-state index in [0.717, 1.165) is 16.9 Å². The highest BCUT2D eigenvalue weighted by Crippen LogP contribution is 2.20. The predicted molar refractivity (Wildman–Crippen MR) is 87.6 cm³/mol. The van der Waals surface area contributed by atoms with Gasteiger partial charge in [0.05, 0.1) is 17.4 Å². The van der Waals surface area contributed by atoms with Gasteiger partial charge in [-0.15, -0.1) is 0 Å². The number of aromatic nitrogens is 2. The number of carbonyl (C=O) groups is 1. The Balaban J connectivity index is 2.14. The summed E-state index contributed by atoms with van der Waals surface area (Å²) in [6, 6.07) is 9.56. The summed E-state index contributed by atoms with van der Waals surface area (Å²) < 4.78 is 1.85. The summed E-state index contributed by atoms with van der Waals surface area (Å²) in [5, 5.41) is 7.78. The van der Waals surface area contributed by atoms with Gasteiger partial charge in [0.1, 0.15) is 0 Å². The van der Waals surface area contributed by atoms with Gasteiger partial charge in [-0.05, 0) is 24.5 Å². The van der Waals surface area contributed by atoms with Gasteiger partial charge in [-0.25, -0.2) is 4.68 Å². The molecule has 118 valence electrons. The second kappa shape index (κ2) is 6.32. The molecule has 0 saturated carbocycles. The molecule has 0 aliphatic rings. The molecule has 5 heteroatoms. The average Bonchev–Trinajstić information content (AvgIpc) is 2.80. The van der Waals surface area contributed by atoms with Crippen LogP contribution in [0.2, 0.25) is 0 Å². The van der Waals surface area contributed by atoms with E-state index < -0.39 is 0 Å². The van der Waals surface area contributed by atoms with Crippen LogP contribution in [0.15, 0.2) is 36.5 Å². The fourth-order valence-corrected chi connectivity index (χ4v) is 2.43. The molecule has 0 saturated heterocycles. The number of aryl methyl sites for hydroxylation is 1. The smallest absolute Gasteiger partial charge is 0.235 e. The molecule has 0 fully saturated rings. The van der Waals surface area contributed by atoms with Crippen molar-refractivity contribution in [1.29, 1.82) is 0 Å². The zero-order valence-electron chi connectivity index (χ0n) is 13.6. The number of hydrogen-bond acceptors (Lipinski definition) is 3. The second-order valence-electron chi connectivity index (χ2n) is 6.60. The SMILES string of the molecule is Cc1nn(-c2ccccc2)cc1CN[C@@H](C(N)=O)C(C)(C)C. The maximum atomic E-state index is 11.6. The number of benzene rings is 1. The van der Waals surface area contributed by atoms with Gasteiger partial charge in [-0.3, -0.25) is 4.79 Å². The summed E-state index contributed by atoms with van der Waals surface area (Å²) in [6.07, 6.45) is 1.98. The molecule has 1 aromatic carbocycles. The molecule has 0 spiro atoms. The summed E-state index contributed by atoms with van der Waals surface area (Å²) in [5.74, 6) is -0.333. The zero-order chi connectivity index (χ0) is 16.3. The molecule has 1 amide bonds. The molecule has 5 nitrogen and oxygen atoms in total.